The van der Waals surface area contributed by atoms with Gasteiger partial charge in [-0.15, -0.1) is 4.80 Å². The Bertz CT molecular complexity index is 1170. The molecule has 1 amide bonds. The molecule has 9 nitrogen and oxygen atoms in total. The highest BCUT2D eigenvalue weighted by molar-refractivity contribution is 5.95. The van der Waals surface area contributed by atoms with Crippen LogP contribution >= 0.6 is 0 Å². The van der Waals surface area contributed by atoms with Crippen LogP contribution in [0, 0.1) is 0 Å². The van der Waals surface area contributed by atoms with E-state index in [4.69, 9.17) is 0 Å². The minimum atomic E-state index is -4.68. The summed E-state index contributed by atoms with van der Waals surface area (Å²) in [6, 6.07) is 1.05. The Morgan fingerprint density at radius 2 is 1.85 bits per heavy atom. The molecule has 0 bridgehead atoms. The Hall–Kier alpha value is -3.71. The molecule has 0 aromatic carbocycles. The fourth-order valence-electron chi connectivity index (χ4n) is 3.73. The standard InChI is InChI=1S/C20H19F5N8O/c1-2-11-17(27-10-15(30-11)20(23,24)25)31-12-8-19(21,22)9-13(12)32-18(34)16-14(4-3-5-26-16)33-28-6-7-29-33/h3-7,10,12-13H,2,8-9H2,1H3,(H,27,31)(H,32,34)/t12-,13-/m0/s1. The van der Waals surface area contributed by atoms with Gasteiger partial charge < -0.3 is 10.6 Å². The van der Waals surface area contributed by atoms with Crippen LogP contribution in [0.15, 0.2) is 36.9 Å². The molecule has 4 rings (SSSR count). The number of pyridine rings is 1. The van der Waals surface area contributed by atoms with E-state index < -0.39 is 48.6 Å². The van der Waals surface area contributed by atoms with Gasteiger partial charge in [-0.1, -0.05) is 6.92 Å². The molecule has 0 spiro atoms. The van der Waals surface area contributed by atoms with Crippen molar-refractivity contribution in [3.63, 3.8) is 0 Å². The number of aryl methyl sites for hydroxylation is 1. The van der Waals surface area contributed by atoms with Gasteiger partial charge >= 0.3 is 6.18 Å². The minimum absolute atomic E-state index is 0.0214. The van der Waals surface area contributed by atoms with E-state index in [0.29, 0.717) is 6.20 Å². The van der Waals surface area contributed by atoms with E-state index in [0.717, 1.165) is 0 Å². The van der Waals surface area contributed by atoms with E-state index >= 15 is 0 Å². The lowest BCUT2D eigenvalue weighted by Crippen LogP contribution is -2.44. The van der Waals surface area contributed by atoms with E-state index in [1.54, 1.807) is 19.1 Å². The predicted molar refractivity (Wildman–Crippen MR) is 108 cm³/mol. The number of anilines is 1. The number of amides is 1. The highest BCUT2D eigenvalue weighted by Gasteiger charge is 2.47. The fourth-order valence-corrected chi connectivity index (χ4v) is 3.73. The second kappa shape index (κ2) is 8.91. The van der Waals surface area contributed by atoms with Crippen LogP contribution in [0.3, 0.4) is 0 Å². The first kappa shape index (κ1) is 23.4. The summed E-state index contributed by atoms with van der Waals surface area (Å²) < 4.78 is 67.5. The molecule has 14 heteroatoms. The Kier molecular flexibility index (Phi) is 6.15. The molecule has 34 heavy (non-hydrogen) atoms. The molecular formula is C20H19F5N8O. The Balaban J connectivity index is 1.57. The monoisotopic (exact) mass is 482 g/mol. The summed E-state index contributed by atoms with van der Waals surface area (Å²) >= 11 is 0. The molecule has 0 aliphatic heterocycles. The van der Waals surface area contributed by atoms with Crippen LogP contribution in [0.5, 0.6) is 0 Å². The molecular weight excluding hydrogens is 463 g/mol. The van der Waals surface area contributed by atoms with Crippen LogP contribution in [0.1, 0.15) is 41.6 Å². The first-order chi connectivity index (χ1) is 16.1. The highest BCUT2D eigenvalue weighted by atomic mass is 19.4. The van der Waals surface area contributed by atoms with Crippen LogP contribution in [0.2, 0.25) is 0 Å². The van der Waals surface area contributed by atoms with Gasteiger partial charge in [0.1, 0.15) is 11.5 Å². The lowest BCUT2D eigenvalue weighted by atomic mass is 10.1. The van der Waals surface area contributed by atoms with Crippen molar-refractivity contribution in [2.24, 2.45) is 0 Å². The number of rotatable bonds is 6. The van der Waals surface area contributed by atoms with Crippen LogP contribution in [-0.2, 0) is 12.6 Å². The zero-order valence-corrected chi connectivity index (χ0v) is 17.7. The lowest BCUT2D eigenvalue weighted by Gasteiger charge is -2.23. The zero-order valence-electron chi connectivity index (χ0n) is 17.7. The fraction of sp³-hybridized carbons (Fsp3) is 0.400. The molecule has 3 heterocycles. The number of nitrogens with zero attached hydrogens (tertiary/aromatic N) is 6. The third kappa shape index (κ3) is 4.94. The SMILES string of the molecule is CCc1nc(C(F)(F)F)cnc1N[C@H]1CC(F)(F)C[C@@H]1NC(=O)c1ncccc1-n1nccn1. The van der Waals surface area contributed by atoms with Crippen molar-refractivity contribution in [2.45, 2.75) is 50.4 Å². The van der Waals surface area contributed by atoms with Crippen molar-refractivity contribution in [3.8, 4) is 5.69 Å². The van der Waals surface area contributed by atoms with Gasteiger partial charge in [0.2, 0.25) is 0 Å². The van der Waals surface area contributed by atoms with Gasteiger partial charge in [0.25, 0.3) is 11.8 Å². The molecule has 0 radical (unpaired) electrons. The summed E-state index contributed by atoms with van der Waals surface area (Å²) in [5, 5.41) is 13.2. The maximum atomic E-state index is 14.3. The van der Waals surface area contributed by atoms with Gasteiger partial charge in [0.15, 0.2) is 11.4 Å². The van der Waals surface area contributed by atoms with E-state index in [-0.39, 0.29) is 29.3 Å². The molecule has 0 saturated heterocycles. The molecule has 2 N–H and O–H groups in total. The molecule has 1 aliphatic carbocycles. The topological polar surface area (TPSA) is 111 Å². The molecule has 3 aromatic rings. The summed E-state index contributed by atoms with van der Waals surface area (Å²) in [4.78, 5) is 25.5. The minimum Gasteiger partial charge on any atom is -0.364 e. The van der Waals surface area contributed by atoms with Gasteiger partial charge in [-0.05, 0) is 18.6 Å². The van der Waals surface area contributed by atoms with E-state index in [1.807, 2.05) is 0 Å². The van der Waals surface area contributed by atoms with E-state index in [9.17, 15) is 26.7 Å². The van der Waals surface area contributed by atoms with Gasteiger partial charge in [-0.25, -0.2) is 23.7 Å². The van der Waals surface area contributed by atoms with Gasteiger partial charge in [0.05, 0.1) is 36.4 Å². The molecule has 0 unspecified atom stereocenters. The van der Waals surface area contributed by atoms with Gasteiger partial charge in [-0.3, -0.25) is 4.79 Å². The number of alkyl halides is 5. The van der Waals surface area contributed by atoms with E-state index in [1.165, 1.54) is 23.4 Å². The Morgan fingerprint density at radius 1 is 1.15 bits per heavy atom. The maximum absolute atomic E-state index is 14.3. The Labute approximate surface area is 189 Å². The zero-order chi connectivity index (χ0) is 24.5. The first-order valence-electron chi connectivity index (χ1n) is 10.3. The van der Waals surface area contributed by atoms with Crippen molar-refractivity contribution in [2.75, 3.05) is 5.32 Å². The lowest BCUT2D eigenvalue weighted by molar-refractivity contribution is -0.141. The first-order valence-corrected chi connectivity index (χ1v) is 10.3. The number of nitrogens with one attached hydrogen (secondary N) is 2. The van der Waals surface area contributed by atoms with Crippen LogP contribution in [-0.4, -0.2) is 53.9 Å². The number of hydrogen-bond acceptors (Lipinski definition) is 7. The van der Waals surface area contributed by atoms with Gasteiger partial charge in [0, 0.05) is 19.0 Å². The van der Waals surface area contributed by atoms with E-state index in [2.05, 4.69) is 35.8 Å². The molecule has 2 atom stereocenters. The smallest absolute Gasteiger partial charge is 0.364 e. The van der Waals surface area contributed by atoms with Crippen molar-refractivity contribution < 1.29 is 26.7 Å². The second-order valence-electron chi connectivity index (χ2n) is 7.69. The number of carbonyl (C=O) groups is 1. The van der Waals surface area contributed by atoms with Crippen molar-refractivity contribution in [3.05, 3.63) is 54.0 Å². The number of halogens is 5. The maximum Gasteiger partial charge on any atom is 0.434 e. The molecule has 1 saturated carbocycles. The molecule has 1 fully saturated rings. The average molecular weight is 482 g/mol. The summed E-state index contributed by atoms with van der Waals surface area (Å²) in [5.74, 6) is -3.88. The number of carbonyl (C=O) groups excluding carboxylic acids is 1. The summed E-state index contributed by atoms with van der Waals surface area (Å²) in [6.45, 7) is 1.57. The third-order valence-corrected chi connectivity index (χ3v) is 5.27. The molecule has 3 aromatic heterocycles. The van der Waals surface area contributed by atoms with Gasteiger partial charge in [-0.2, -0.15) is 23.4 Å². The van der Waals surface area contributed by atoms with Crippen molar-refractivity contribution in [1.82, 2.24) is 35.3 Å². The van der Waals surface area contributed by atoms with Crippen LogP contribution in [0.25, 0.3) is 5.69 Å². The summed E-state index contributed by atoms with van der Waals surface area (Å²) in [7, 11) is 0. The Morgan fingerprint density at radius 3 is 2.53 bits per heavy atom. The quantitative estimate of drug-likeness (QED) is 0.520. The van der Waals surface area contributed by atoms with Crippen LogP contribution < -0.4 is 10.6 Å². The predicted octanol–water partition coefficient (Wildman–Crippen LogP) is 3.04. The largest absolute Gasteiger partial charge is 0.434 e. The number of hydrogen-bond donors (Lipinski definition) is 2. The second-order valence-corrected chi connectivity index (χ2v) is 7.69. The molecule has 180 valence electrons. The summed E-state index contributed by atoms with van der Waals surface area (Å²) in [6.07, 6.45) is -1.20. The highest BCUT2D eigenvalue weighted by Crippen LogP contribution is 2.37. The third-order valence-electron chi connectivity index (χ3n) is 5.27. The number of aromatic nitrogens is 6. The van der Waals surface area contributed by atoms with Crippen molar-refractivity contribution >= 4 is 11.7 Å². The van der Waals surface area contributed by atoms with Crippen LogP contribution in [0.4, 0.5) is 27.8 Å². The van der Waals surface area contributed by atoms with Crippen molar-refractivity contribution in [1.29, 1.82) is 0 Å². The summed E-state index contributed by atoms with van der Waals surface area (Å²) in [5.41, 5.74) is -1.02. The normalized spacial score (nSPS) is 19.7. The average Bonchev–Trinajstić information content (AvgIpc) is 3.41. The molecule has 1 aliphatic rings.